The van der Waals surface area contributed by atoms with E-state index >= 15 is 0 Å². The van der Waals surface area contributed by atoms with Gasteiger partial charge in [-0.2, -0.15) is 5.10 Å². The molecule has 0 spiro atoms. The normalized spacial score (nSPS) is 11.3. The van der Waals surface area contributed by atoms with Crippen molar-refractivity contribution >= 4 is 11.6 Å². The van der Waals surface area contributed by atoms with Crippen LogP contribution in [0.1, 0.15) is 20.8 Å². The summed E-state index contributed by atoms with van der Waals surface area (Å²) in [4.78, 5) is 11.4. The summed E-state index contributed by atoms with van der Waals surface area (Å²) in [5.74, 6) is -0.197. The molecule has 0 aromatic heterocycles. The monoisotopic (exact) mass is 183 g/mol. The fraction of sp³-hybridized carbons (Fsp3) is 0.556. The number of rotatable bonds is 4. The van der Waals surface area contributed by atoms with Gasteiger partial charge in [0.1, 0.15) is 5.71 Å². The van der Waals surface area contributed by atoms with Crippen molar-refractivity contribution in [2.75, 3.05) is 7.05 Å². The highest BCUT2D eigenvalue weighted by Crippen LogP contribution is 1.93. The lowest BCUT2D eigenvalue weighted by atomic mass is 10.2. The van der Waals surface area contributed by atoms with Gasteiger partial charge in [0, 0.05) is 13.1 Å². The number of hydrazone groups is 1. The SMILES string of the molecule is C=C(C)/C(=N\NC)C(=O)NC(C)C. The molecule has 13 heavy (non-hydrogen) atoms. The van der Waals surface area contributed by atoms with Crippen LogP contribution in [0.2, 0.25) is 0 Å². The van der Waals surface area contributed by atoms with E-state index in [9.17, 15) is 4.79 Å². The molecule has 0 fully saturated rings. The second-order valence-electron chi connectivity index (χ2n) is 3.09. The maximum Gasteiger partial charge on any atom is 0.272 e. The Morgan fingerprint density at radius 3 is 2.31 bits per heavy atom. The fourth-order valence-electron chi connectivity index (χ4n) is 0.782. The Morgan fingerprint density at radius 2 is 2.00 bits per heavy atom. The highest BCUT2D eigenvalue weighted by Gasteiger charge is 2.12. The summed E-state index contributed by atoms with van der Waals surface area (Å²) in [6.45, 7) is 9.21. The number of hydrogen-bond donors (Lipinski definition) is 2. The Hall–Kier alpha value is -1.32. The number of nitrogens with one attached hydrogen (secondary N) is 2. The average molecular weight is 183 g/mol. The molecule has 0 heterocycles. The first-order valence-corrected chi connectivity index (χ1v) is 4.20. The predicted octanol–water partition coefficient (Wildman–Crippen LogP) is 0.662. The van der Waals surface area contributed by atoms with E-state index in [1.54, 1.807) is 14.0 Å². The molecule has 74 valence electrons. The van der Waals surface area contributed by atoms with Gasteiger partial charge in [-0.15, -0.1) is 0 Å². The van der Waals surface area contributed by atoms with Gasteiger partial charge in [-0.1, -0.05) is 6.58 Å². The summed E-state index contributed by atoms with van der Waals surface area (Å²) in [6, 6.07) is 0.105. The van der Waals surface area contributed by atoms with Gasteiger partial charge < -0.3 is 10.7 Å². The second-order valence-corrected chi connectivity index (χ2v) is 3.09. The van der Waals surface area contributed by atoms with Crippen molar-refractivity contribution in [3.8, 4) is 0 Å². The molecular formula is C9H17N3O. The summed E-state index contributed by atoms with van der Waals surface area (Å²) in [6.07, 6.45) is 0. The van der Waals surface area contributed by atoms with E-state index in [0.29, 0.717) is 11.3 Å². The van der Waals surface area contributed by atoms with Crippen LogP contribution in [0.5, 0.6) is 0 Å². The number of amides is 1. The Morgan fingerprint density at radius 1 is 1.46 bits per heavy atom. The lowest BCUT2D eigenvalue weighted by Crippen LogP contribution is -2.37. The number of nitrogens with zero attached hydrogens (tertiary/aromatic N) is 1. The molecule has 0 atom stereocenters. The third-order valence-corrected chi connectivity index (χ3v) is 1.26. The van der Waals surface area contributed by atoms with Crippen molar-refractivity contribution in [1.29, 1.82) is 0 Å². The van der Waals surface area contributed by atoms with E-state index in [2.05, 4.69) is 22.4 Å². The number of hydrogen-bond acceptors (Lipinski definition) is 3. The van der Waals surface area contributed by atoms with Crippen LogP contribution < -0.4 is 10.7 Å². The Balaban J connectivity index is 4.48. The molecule has 0 aliphatic carbocycles. The van der Waals surface area contributed by atoms with Crippen molar-refractivity contribution in [3.05, 3.63) is 12.2 Å². The van der Waals surface area contributed by atoms with Gasteiger partial charge >= 0.3 is 0 Å². The van der Waals surface area contributed by atoms with Gasteiger partial charge in [-0.05, 0) is 26.3 Å². The average Bonchev–Trinajstić information content (AvgIpc) is 1.97. The molecule has 0 aliphatic heterocycles. The topological polar surface area (TPSA) is 53.5 Å². The zero-order valence-corrected chi connectivity index (χ0v) is 8.64. The van der Waals surface area contributed by atoms with E-state index < -0.39 is 0 Å². The highest BCUT2D eigenvalue weighted by atomic mass is 16.2. The van der Waals surface area contributed by atoms with Crippen molar-refractivity contribution in [3.63, 3.8) is 0 Å². The highest BCUT2D eigenvalue weighted by molar-refractivity contribution is 6.45. The molecule has 2 N–H and O–H groups in total. The molecule has 0 bridgehead atoms. The van der Waals surface area contributed by atoms with Crippen LogP contribution in [0, 0.1) is 0 Å². The lowest BCUT2D eigenvalue weighted by molar-refractivity contribution is -0.115. The largest absolute Gasteiger partial charge is 0.348 e. The Labute approximate surface area is 79.1 Å². The van der Waals surface area contributed by atoms with E-state index in [-0.39, 0.29) is 11.9 Å². The van der Waals surface area contributed by atoms with Gasteiger partial charge in [0.25, 0.3) is 5.91 Å². The predicted molar refractivity (Wildman–Crippen MR) is 54.6 cm³/mol. The molecule has 0 saturated heterocycles. The molecule has 0 radical (unpaired) electrons. The minimum absolute atomic E-state index is 0.105. The fourth-order valence-corrected chi connectivity index (χ4v) is 0.782. The number of carbonyl (C=O) groups excluding carboxylic acids is 1. The van der Waals surface area contributed by atoms with E-state index in [0.717, 1.165) is 0 Å². The minimum Gasteiger partial charge on any atom is -0.348 e. The molecule has 0 aromatic rings. The van der Waals surface area contributed by atoms with Gasteiger partial charge in [0.2, 0.25) is 0 Å². The van der Waals surface area contributed by atoms with Crippen LogP contribution in [0.15, 0.2) is 17.3 Å². The standard InChI is InChI=1S/C9H17N3O/c1-6(2)8(12-10-5)9(13)11-7(3)4/h7,10H,1H2,2-5H3,(H,11,13)/b12-8+. The molecule has 0 aliphatic rings. The zero-order valence-electron chi connectivity index (χ0n) is 8.64. The molecule has 1 amide bonds. The number of carbonyl (C=O) groups is 1. The first-order valence-electron chi connectivity index (χ1n) is 4.20. The Bertz CT molecular complexity index is 231. The van der Waals surface area contributed by atoms with Crippen LogP contribution in [0.3, 0.4) is 0 Å². The van der Waals surface area contributed by atoms with Gasteiger partial charge in [-0.3, -0.25) is 4.79 Å². The van der Waals surface area contributed by atoms with Crippen molar-refractivity contribution in [1.82, 2.24) is 10.7 Å². The third kappa shape index (κ3) is 4.30. The molecular weight excluding hydrogens is 166 g/mol. The summed E-state index contributed by atoms with van der Waals surface area (Å²) >= 11 is 0. The first kappa shape index (κ1) is 11.7. The minimum atomic E-state index is -0.197. The van der Waals surface area contributed by atoms with Crippen molar-refractivity contribution in [2.45, 2.75) is 26.8 Å². The van der Waals surface area contributed by atoms with Crippen LogP contribution in [0.4, 0.5) is 0 Å². The molecule has 4 heteroatoms. The van der Waals surface area contributed by atoms with Crippen LogP contribution in [-0.4, -0.2) is 24.7 Å². The Kier molecular flexibility index (Phi) is 4.80. The van der Waals surface area contributed by atoms with E-state index in [4.69, 9.17) is 0 Å². The van der Waals surface area contributed by atoms with Crippen molar-refractivity contribution in [2.24, 2.45) is 5.10 Å². The smallest absolute Gasteiger partial charge is 0.272 e. The summed E-state index contributed by atoms with van der Waals surface area (Å²) in [5.41, 5.74) is 3.56. The van der Waals surface area contributed by atoms with Crippen molar-refractivity contribution < 1.29 is 4.79 Å². The van der Waals surface area contributed by atoms with Gasteiger partial charge in [0.15, 0.2) is 0 Å². The lowest BCUT2D eigenvalue weighted by Gasteiger charge is -2.09. The summed E-state index contributed by atoms with van der Waals surface area (Å²) in [5, 5.41) is 6.57. The maximum atomic E-state index is 11.4. The third-order valence-electron chi connectivity index (χ3n) is 1.26. The summed E-state index contributed by atoms with van der Waals surface area (Å²) in [7, 11) is 1.64. The van der Waals surface area contributed by atoms with Gasteiger partial charge in [-0.25, -0.2) is 0 Å². The van der Waals surface area contributed by atoms with Crippen LogP contribution >= 0.6 is 0 Å². The molecule has 0 rings (SSSR count). The van der Waals surface area contributed by atoms with Gasteiger partial charge in [0.05, 0.1) is 0 Å². The van der Waals surface area contributed by atoms with E-state index in [1.165, 1.54) is 0 Å². The van der Waals surface area contributed by atoms with Crippen LogP contribution in [-0.2, 0) is 4.79 Å². The van der Waals surface area contributed by atoms with Crippen LogP contribution in [0.25, 0.3) is 0 Å². The quantitative estimate of drug-likeness (QED) is 0.497. The summed E-state index contributed by atoms with van der Waals surface area (Å²) < 4.78 is 0. The molecule has 0 aromatic carbocycles. The van der Waals surface area contributed by atoms with E-state index in [1.807, 2.05) is 13.8 Å². The molecule has 0 saturated carbocycles. The molecule has 0 unspecified atom stereocenters. The first-order chi connectivity index (χ1) is 5.99. The second kappa shape index (κ2) is 5.35. The molecule has 4 nitrogen and oxygen atoms in total. The zero-order chi connectivity index (χ0) is 10.4. The maximum absolute atomic E-state index is 11.4.